The third-order valence-corrected chi connectivity index (χ3v) is 3.77. The Labute approximate surface area is 153 Å². The summed E-state index contributed by atoms with van der Waals surface area (Å²) in [5, 5.41) is 11.8. The van der Waals surface area contributed by atoms with Gasteiger partial charge in [-0.25, -0.2) is 0 Å². The van der Waals surface area contributed by atoms with E-state index in [9.17, 15) is 4.79 Å². The Bertz CT molecular complexity index is 670. The molecule has 0 heterocycles. The van der Waals surface area contributed by atoms with Gasteiger partial charge in [0.2, 0.25) is 0 Å². The summed E-state index contributed by atoms with van der Waals surface area (Å²) in [6, 6.07) is 14.9. The van der Waals surface area contributed by atoms with Crippen molar-refractivity contribution in [3.8, 4) is 11.5 Å². The van der Waals surface area contributed by atoms with Crippen LogP contribution in [0.3, 0.4) is 0 Å². The van der Waals surface area contributed by atoms with E-state index in [0.29, 0.717) is 12.3 Å². The standard InChI is InChI=1S/C20H25NO5/c1-15-3-5-16(6-4-15)19(25-12-11-22)13-21-20(23)14-26-18-9-7-17(24-2)8-10-18/h3-10,19,22H,11-14H2,1-2H3,(H,21,23). The quantitative estimate of drug-likeness (QED) is 0.680. The number of aliphatic hydroxyl groups excluding tert-OH is 1. The van der Waals surface area contributed by atoms with Crippen molar-refractivity contribution in [3.63, 3.8) is 0 Å². The predicted molar refractivity (Wildman–Crippen MR) is 98.5 cm³/mol. The molecule has 2 rings (SSSR count). The second kappa shape index (κ2) is 10.4. The number of amides is 1. The molecule has 140 valence electrons. The molecule has 0 aliphatic rings. The smallest absolute Gasteiger partial charge is 0.258 e. The van der Waals surface area contributed by atoms with E-state index in [0.717, 1.165) is 16.9 Å². The normalized spacial score (nSPS) is 11.7. The number of hydrogen-bond donors (Lipinski definition) is 2. The first-order valence-corrected chi connectivity index (χ1v) is 8.45. The van der Waals surface area contributed by atoms with Gasteiger partial charge in [-0.15, -0.1) is 0 Å². The highest BCUT2D eigenvalue weighted by molar-refractivity contribution is 5.77. The number of carbonyl (C=O) groups is 1. The summed E-state index contributed by atoms with van der Waals surface area (Å²) in [5.74, 6) is 1.07. The van der Waals surface area contributed by atoms with Gasteiger partial charge in [0.15, 0.2) is 6.61 Å². The zero-order chi connectivity index (χ0) is 18.8. The van der Waals surface area contributed by atoms with Gasteiger partial charge in [-0.1, -0.05) is 29.8 Å². The first-order chi connectivity index (χ1) is 12.6. The molecule has 2 N–H and O–H groups in total. The second-order valence-corrected chi connectivity index (χ2v) is 5.76. The molecule has 6 heteroatoms. The second-order valence-electron chi connectivity index (χ2n) is 5.76. The highest BCUT2D eigenvalue weighted by atomic mass is 16.5. The lowest BCUT2D eigenvalue weighted by molar-refractivity contribution is -0.123. The van der Waals surface area contributed by atoms with Crippen LogP contribution >= 0.6 is 0 Å². The number of nitrogens with one attached hydrogen (secondary N) is 1. The van der Waals surface area contributed by atoms with Gasteiger partial charge < -0.3 is 24.6 Å². The van der Waals surface area contributed by atoms with E-state index in [1.807, 2.05) is 31.2 Å². The molecule has 0 aromatic heterocycles. The molecule has 0 saturated carbocycles. The summed E-state index contributed by atoms with van der Waals surface area (Å²) in [5.41, 5.74) is 2.09. The Morgan fingerprint density at radius 2 is 1.73 bits per heavy atom. The average molecular weight is 359 g/mol. The summed E-state index contributed by atoms with van der Waals surface area (Å²) in [6.07, 6.45) is -0.326. The summed E-state index contributed by atoms with van der Waals surface area (Å²) < 4.78 is 16.2. The van der Waals surface area contributed by atoms with Crippen LogP contribution in [0.1, 0.15) is 17.2 Å². The minimum absolute atomic E-state index is 0.0725. The number of rotatable bonds is 10. The predicted octanol–water partition coefficient (Wildman–Crippen LogP) is 2.25. The third-order valence-electron chi connectivity index (χ3n) is 3.77. The molecule has 0 aliphatic heterocycles. The van der Waals surface area contributed by atoms with Crippen LogP contribution in [0.15, 0.2) is 48.5 Å². The fourth-order valence-electron chi connectivity index (χ4n) is 2.33. The molecule has 1 amide bonds. The molecular formula is C20H25NO5. The van der Waals surface area contributed by atoms with Crippen LogP contribution in [0.2, 0.25) is 0 Å². The summed E-state index contributed by atoms with van der Waals surface area (Å²) in [7, 11) is 1.59. The molecule has 0 fully saturated rings. The van der Waals surface area contributed by atoms with Crippen LogP contribution in [-0.4, -0.2) is 44.5 Å². The fourth-order valence-corrected chi connectivity index (χ4v) is 2.33. The molecule has 1 unspecified atom stereocenters. The molecule has 1 atom stereocenters. The minimum Gasteiger partial charge on any atom is -0.497 e. The van der Waals surface area contributed by atoms with Crippen LogP contribution in [-0.2, 0) is 9.53 Å². The van der Waals surface area contributed by atoms with Crippen LogP contribution in [0.25, 0.3) is 0 Å². The van der Waals surface area contributed by atoms with Gasteiger partial charge in [0, 0.05) is 6.54 Å². The van der Waals surface area contributed by atoms with Crippen molar-refractivity contribution in [2.24, 2.45) is 0 Å². The molecule has 0 spiro atoms. The zero-order valence-electron chi connectivity index (χ0n) is 15.1. The van der Waals surface area contributed by atoms with Gasteiger partial charge in [-0.05, 0) is 36.8 Å². The Balaban J connectivity index is 1.84. The van der Waals surface area contributed by atoms with Crippen LogP contribution < -0.4 is 14.8 Å². The Hall–Kier alpha value is -2.57. The van der Waals surface area contributed by atoms with Crippen molar-refractivity contribution in [2.45, 2.75) is 13.0 Å². The molecule has 0 aliphatic carbocycles. The topological polar surface area (TPSA) is 77.0 Å². The van der Waals surface area contributed by atoms with Crippen LogP contribution in [0.5, 0.6) is 11.5 Å². The first kappa shape index (κ1) is 19.8. The highest BCUT2D eigenvalue weighted by Gasteiger charge is 2.14. The number of benzene rings is 2. The number of hydrogen-bond acceptors (Lipinski definition) is 5. The largest absolute Gasteiger partial charge is 0.497 e. The number of ether oxygens (including phenoxy) is 3. The molecule has 2 aromatic rings. The van der Waals surface area contributed by atoms with E-state index in [2.05, 4.69) is 5.32 Å². The molecule has 0 radical (unpaired) electrons. The minimum atomic E-state index is -0.326. The van der Waals surface area contributed by atoms with Gasteiger partial charge >= 0.3 is 0 Å². The van der Waals surface area contributed by atoms with E-state index in [1.165, 1.54) is 0 Å². The van der Waals surface area contributed by atoms with Crippen molar-refractivity contribution in [1.29, 1.82) is 0 Å². The monoisotopic (exact) mass is 359 g/mol. The average Bonchev–Trinajstić information content (AvgIpc) is 2.67. The van der Waals surface area contributed by atoms with Crippen molar-refractivity contribution < 1.29 is 24.1 Å². The van der Waals surface area contributed by atoms with E-state index in [-0.39, 0.29) is 31.8 Å². The number of aryl methyl sites for hydroxylation is 1. The maximum absolute atomic E-state index is 12.0. The van der Waals surface area contributed by atoms with Crippen molar-refractivity contribution in [3.05, 3.63) is 59.7 Å². The Morgan fingerprint density at radius 3 is 2.35 bits per heavy atom. The molecule has 6 nitrogen and oxygen atoms in total. The maximum Gasteiger partial charge on any atom is 0.258 e. The lowest BCUT2D eigenvalue weighted by Crippen LogP contribution is -2.33. The van der Waals surface area contributed by atoms with Gasteiger partial charge in [0.25, 0.3) is 5.91 Å². The zero-order valence-corrected chi connectivity index (χ0v) is 15.1. The van der Waals surface area contributed by atoms with E-state index >= 15 is 0 Å². The molecule has 2 aromatic carbocycles. The maximum atomic E-state index is 12.0. The van der Waals surface area contributed by atoms with E-state index in [4.69, 9.17) is 19.3 Å². The lowest BCUT2D eigenvalue weighted by atomic mass is 10.1. The Kier molecular flexibility index (Phi) is 7.92. The van der Waals surface area contributed by atoms with E-state index in [1.54, 1.807) is 31.4 Å². The molecule has 0 saturated heterocycles. The number of methoxy groups -OCH3 is 1. The van der Waals surface area contributed by atoms with Gasteiger partial charge in [-0.3, -0.25) is 4.79 Å². The fraction of sp³-hybridized carbons (Fsp3) is 0.350. The third kappa shape index (κ3) is 6.38. The molecule has 0 bridgehead atoms. The van der Waals surface area contributed by atoms with Crippen LogP contribution in [0.4, 0.5) is 0 Å². The SMILES string of the molecule is COc1ccc(OCC(=O)NCC(OCCO)c2ccc(C)cc2)cc1. The van der Waals surface area contributed by atoms with Crippen molar-refractivity contribution >= 4 is 5.91 Å². The summed E-state index contributed by atoms with van der Waals surface area (Å²) >= 11 is 0. The molecule has 26 heavy (non-hydrogen) atoms. The van der Waals surface area contributed by atoms with Crippen LogP contribution in [0, 0.1) is 6.92 Å². The van der Waals surface area contributed by atoms with Crippen molar-refractivity contribution in [2.75, 3.05) is 33.5 Å². The number of aliphatic hydroxyl groups is 1. The Morgan fingerprint density at radius 1 is 1.08 bits per heavy atom. The summed E-state index contributed by atoms with van der Waals surface area (Å²) in [4.78, 5) is 12.0. The highest BCUT2D eigenvalue weighted by Crippen LogP contribution is 2.18. The molecular weight excluding hydrogens is 334 g/mol. The lowest BCUT2D eigenvalue weighted by Gasteiger charge is -2.19. The van der Waals surface area contributed by atoms with Crippen molar-refractivity contribution in [1.82, 2.24) is 5.32 Å². The van der Waals surface area contributed by atoms with Gasteiger partial charge in [-0.2, -0.15) is 0 Å². The summed E-state index contributed by atoms with van der Waals surface area (Å²) in [6.45, 7) is 2.35. The van der Waals surface area contributed by atoms with Gasteiger partial charge in [0.1, 0.15) is 11.5 Å². The number of carbonyl (C=O) groups excluding carboxylic acids is 1. The first-order valence-electron chi connectivity index (χ1n) is 8.45. The van der Waals surface area contributed by atoms with E-state index < -0.39 is 0 Å². The van der Waals surface area contributed by atoms with Gasteiger partial charge in [0.05, 0.1) is 26.4 Å².